The first-order chi connectivity index (χ1) is 8.34. The Morgan fingerprint density at radius 2 is 2.12 bits per heavy atom. The van der Waals surface area contributed by atoms with Crippen LogP contribution in [0.5, 0.6) is 0 Å². The number of hydrogen-bond acceptors (Lipinski definition) is 2. The van der Waals surface area contributed by atoms with Crippen molar-refractivity contribution in [1.82, 2.24) is 10.3 Å². The molecule has 3 rings (SSSR count). The van der Waals surface area contributed by atoms with Gasteiger partial charge < -0.3 is 10.3 Å². The third-order valence-electron chi connectivity index (χ3n) is 3.51. The van der Waals surface area contributed by atoms with Crippen LogP contribution >= 0.6 is 0 Å². The lowest BCUT2D eigenvalue weighted by Crippen LogP contribution is -2.29. The first-order valence-corrected chi connectivity index (χ1v) is 6.17. The summed E-state index contributed by atoms with van der Waals surface area (Å²) in [5.74, 6) is 0.445. The van der Waals surface area contributed by atoms with Crippen LogP contribution in [0.2, 0.25) is 0 Å². The molecule has 2 heterocycles. The van der Waals surface area contributed by atoms with E-state index >= 15 is 0 Å². The first kappa shape index (κ1) is 10.5. The summed E-state index contributed by atoms with van der Waals surface area (Å²) in [4.78, 5) is 15.0. The number of fused-ring (bicyclic) bond motifs is 1. The van der Waals surface area contributed by atoms with Crippen LogP contribution in [0.1, 0.15) is 24.5 Å². The van der Waals surface area contributed by atoms with Gasteiger partial charge in [-0.2, -0.15) is 0 Å². The summed E-state index contributed by atoms with van der Waals surface area (Å²) in [7, 11) is 0. The second-order valence-electron chi connectivity index (χ2n) is 4.68. The Morgan fingerprint density at radius 1 is 1.24 bits per heavy atom. The highest BCUT2D eigenvalue weighted by Crippen LogP contribution is 2.22. The van der Waals surface area contributed by atoms with Gasteiger partial charge in [-0.1, -0.05) is 18.2 Å². The predicted octanol–water partition coefficient (Wildman–Crippen LogP) is 2.00. The molecule has 0 saturated carbocycles. The van der Waals surface area contributed by atoms with Crippen LogP contribution in [0.15, 0.2) is 35.1 Å². The van der Waals surface area contributed by atoms with Gasteiger partial charge in [0.05, 0.1) is 0 Å². The molecule has 2 aromatic rings. The molecular weight excluding hydrogens is 212 g/mol. The monoisotopic (exact) mass is 228 g/mol. The van der Waals surface area contributed by atoms with E-state index in [2.05, 4.69) is 16.4 Å². The highest BCUT2D eigenvalue weighted by Gasteiger charge is 2.16. The number of H-pyrrole nitrogens is 1. The molecule has 0 spiro atoms. The number of hydrogen-bond donors (Lipinski definition) is 2. The van der Waals surface area contributed by atoms with E-state index in [9.17, 15) is 4.79 Å². The van der Waals surface area contributed by atoms with Crippen LogP contribution in [0.4, 0.5) is 0 Å². The normalized spacial score (nSPS) is 20.6. The minimum Gasteiger partial charge on any atom is -0.325 e. The Balaban J connectivity index is 2.08. The Morgan fingerprint density at radius 3 is 2.94 bits per heavy atom. The van der Waals surface area contributed by atoms with E-state index in [1.54, 1.807) is 0 Å². The average molecular weight is 228 g/mol. The molecule has 1 aliphatic heterocycles. The number of benzene rings is 1. The van der Waals surface area contributed by atoms with Gasteiger partial charge in [-0.25, -0.2) is 0 Å². The maximum absolute atomic E-state index is 12.0. The van der Waals surface area contributed by atoms with Crippen molar-refractivity contribution in [1.29, 1.82) is 0 Å². The molecule has 1 aromatic heterocycles. The second-order valence-corrected chi connectivity index (χ2v) is 4.68. The summed E-state index contributed by atoms with van der Waals surface area (Å²) in [5, 5.41) is 5.20. The van der Waals surface area contributed by atoms with Crippen molar-refractivity contribution in [2.75, 3.05) is 13.1 Å². The van der Waals surface area contributed by atoms with Gasteiger partial charge in [0.1, 0.15) is 0 Å². The van der Waals surface area contributed by atoms with Gasteiger partial charge in [0.25, 0.3) is 5.56 Å². The fraction of sp³-hybridized carbons (Fsp3) is 0.357. The van der Waals surface area contributed by atoms with Gasteiger partial charge in [0.2, 0.25) is 0 Å². The zero-order valence-corrected chi connectivity index (χ0v) is 9.70. The van der Waals surface area contributed by atoms with Gasteiger partial charge in [-0.15, -0.1) is 0 Å². The third kappa shape index (κ3) is 1.98. The first-order valence-electron chi connectivity index (χ1n) is 6.17. The van der Waals surface area contributed by atoms with E-state index in [1.165, 1.54) is 6.42 Å². The predicted molar refractivity (Wildman–Crippen MR) is 69.4 cm³/mol. The van der Waals surface area contributed by atoms with Crippen molar-refractivity contribution in [3.8, 4) is 0 Å². The molecular formula is C14H16N2O. The van der Waals surface area contributed by atoms with E-state index in [0.717, 1.165) is 36.0 Å². The molecule has 3 nitrogen and oxygen atoms in total. The molecule has 1 fully saturated rings. The van der Waals surface area contributed by atoms with Crippen LogP contribution in [-0.4, -0.2) is 18.1 Å². The quantitative estimate of drug-likeness (QED) is 0.784. The van der Waals surface area contributed by atoms with E-state index in [0.29, 0.717) is 5.92 Å². The standard InChI is InChI=1S/C14H16N2O/c17-14-12-6-2-1-4-10(12)8-13(16-14)11-5-3-7-15-9-11/h1-2,4,6,8,11,15H,3,5,7,9H2,(H,16,17)/t11-/m0/s1. The number of aromatic nitrogens is 1. The molecule has 3 heteroatoms. The number of aromatic amines is 1. The van der Waals surface area contributed by atoms with E-state index in [1.807, 2.05) is 24.3 Å². The van der Waals surface area contributed by atoms with Crippen molar-refractivity contribution in [2.45, 2.75) is 18.8 Å². The number of nitrogens with one attached hydrogen (secondary N) is 2. The minimum atomic E-state index is 0.0312. The van der Waals surface area contributed by atoms with Crippen molar-refractivity contribution in [2.24, 2.45) is 0 Å². The average Bonchev–Trinajstić information content (AvgIpc) is 2.40. The molecule has 0 unspecified atom stereocenters. The second kappa shape index (κ2) is 4.34. The van der Waals surface area contributed by atoms with Crippen LogP contribution in [0.3, 0.4) is 0 Å². The lowest BCUT2D eigenvalue weighted by molar-refractivity contribution is 0.454. The SMILES string of the molecule is O=c1[nH]c([C@H]2CCCNC2)cc2ccccc12. The Kier molecular flexibility index (Phi) is 2.69. The summed E-state index contributed by atoms with van der Waals surface area (Å²) in [6, 6.07) is 9.87. The van der Waals surface area contributed by atoms with Crippen molar-refractivity contribution in [3.05, 3.63) is 46.4 Å². The zero-order chi connectivity index (χ0) is 11.7. The summed E-state index contributed by atoms with van der Waals surface area (Å²) in [6.07, 6.45) is 2.33. The number of pyridine rings is 1. The van der Waals surface area contributed by atoms with Gasteiger partial charge in [-0.3, -0.25) is 4.79 Å². The van der Waals surface area contributed by atoms with Crippen LogP contribution in [0.25, 0.3) is 10.8 Å². The Bertz CT molecular complexity index is 582. The summed E-state index contributed by atoms with van der Waals surface area (Å²) >= 11 is 0. The molecule has 0 amide bonds. The van der Waals surface area contributed by atoms with Crippen LogP contribution < -0.4 is 10.9 Å². The van der Waals surface area contributed by atoms with E-state index in [-0.39, 0.29) is 5.56 Å². The van der Waals surface area contributed by atoms with Crippen molar-refractivity contribution < 1.29 is 0 Å². The maximum atomic E-state index is 12.0. The fourth-order valence-corrected chi connectivity index (χ4v) is 2.57. The molecule has 1 aromatic carbocycles. The van der Waals surface area contributed by atoms with E-state index in [4.69, 9.17) is 0 Å². The summed E-state index contributed by atoms with van der Waals surface area (Å²) in [5.41, 5.74) is 1.10. The van der Waals surface area contributed by atoms with Crippen molar-refractivity contribution in [3.63, 3.8) is 0 Å². The highest BCUT2D eigenvalue weighted by atomic mass is 16.1. The molecule has 0 radical (unpaired) electrons. The molecule has 1 atom stereocenters. The van der Waals surface area contributed by atoms with Crippen molar-refractivity contribution >= 4 is 10.8 Å². The molecule has 0 bridgehead atoms. The summed E-state index contributed by atoms with van der Waals surface area (Å²) in [6.45, 7) is 2.06. The Hall–Kier alpha value is -1.61. The lowest BCUT2D eigenvalue weighted by Gasteiger charge is -2.22. The largest absolute Gasteiger partial charge is 0.325 e. The molecule has 1 saturated heterocycles. The van der Waals surface area contributed by atoms with E-state index < -0.39 is 0 Å². The highest BCUT2D eigenvalue weighted by molar-refractivity contribution is 5.81. The van der Waals surface area contributed by atoms with Crippen LogP contribution in [0, 0.1) is 0 Å². The third-order valence-corrected chi connectivity index (χ3v) is 3.51. The van der Waals surface area contributed by atoms with Gasteiger partial charge in [0, 0.05) is 23.5 Å². The van der Waals surface area contributed by atoms with Gasteiger partial charge >= 0.3 is 0 Å². The molecule has 17 heavy (non-hydrogen) atoms. The minimum absolute atomic E-state index is 0.0312. The summed E-state index contributed by atoms with van der Waals surface area (Å²) < 4.78 is 0. The smallest absolute Gasteiger partial charge is 0.256 e. The lowest BCUT2D eigenvalue weighted by atomic mass is 9.94. The fourth-order valence-electron chi connectivity index (χ4n) is 2.57. The van der Waals surface area contributed by atoms with Gasteiger partial charge in [0.15, 0.2) is 0 Å². The molecule has 0 aliphatic carbocycles. The molecule has 88 valence electrons. The number of rotatable bonds is 1. The van der Waals surface area contributed by atoms with Crippen LogP contribution in [-0.2, 0) is 0 Å². The van der Waals surface area contributed by atoms with Gasteiger partial charge in [-0.05, 0) is 36.9 Å². The molecule has 2 N–H and O–H groups in total. The maximum Gasteiger partial charge on any atom is 0.256 e. The zero-order valence-electron chi connectivity index (χ0n) is 9.70. The topological polar surface area (TPSA) is 44.9 Å². The molecule has 1 aliphatic rings. The Labute approximate surface area is 99.9 Å². The number of piperidine rings is 1.